The van der Waals surface area contributed by atoms with Gasteiger partial charge < -0.3 is 0 Å². The van der Waals surface area contributed by atoms with Gasteiger partial charge in [-0.15, -0.1) is 11.1 Å². The van der Waals surface area contributed by atoms with Crippen LogP contribution in [0.3, 0.4) is 0 Å². The zero-order valence-corrected chi connectivity index (χ0v) is 14.9. The van der Waals surface area contributed by atoms with Gasteiger partial charge in [0.2, 0.25) is 11.6 Å². The summed E-state index contributed by atoms with van der Waals surface area (Å²) in [6.07, 6.45) is 1.27. The van der Waals surface area contributed by atoms with Crippen LogP contribution in [-0.2, 0) is 9.59 Å². The molecule has 0 unspecified atom stereocenters. The number of Topliss-reactive ketones (excluding diaryl/α,β-unsaturated/α-hetero) is 2. The third-order valence-electron chi connectivity index (χ3n) is 1.96. The van der Waals surface area contributed by atoms with E-state index in [9.17, 15) is 9.59 Å². The van der Waals surface area contributed by atoms with Crippen LogP contribution in [-0.4, -0.2) is 27.7 Å². The molecule has 0 N–H and O–H groups in total. The van der Waals surface area contributed by atoms with Gasteiger partial charge in [-0.1, -0.05) is 39.3 Å². The second kappa shape index (κ2) is 7.47. The molecule has 0 aliphatic carbocycles. The summed E-state index contributed by atoms with van der Waals surface area (Å²) >= 11 is 0. The summed E-state index contributed by atoms with van der Waals surface area (Å²) in [4.78, 5) is 23.0. The van der Waals surface area contributed by atoms with Crippen molar-refractivity contribution in [3.8, 4) is 22.9 Å². The topological polar surface area (TPSA) is 34.1 Å². The van der Waals surface area contributed by atoms with Crippen molar-refractivity contribution in [1.29, 1.82) is 0 Å². The number of ketones is 2. The van der Waals surface area contributed by atoms with E-state index < -0.39 is 16.1 Å². The standard InChI is InChI=1S/C15H24O2Si2/c1-18(2,3)12-10-14(16)8-7-9-15(17)11-13-19(4,5)6/h7-9H2,1-6H3. The van der Waals surface area contributed by atoms with Crippen molar-refractivity contribution in [2.45, 2.75) is 58.5 Å². The molecule has 0 amide bonds. The molecule has 0 rings (SSSR count). The molecule has 0 aliphatic heterocycles. The van der Waals surface area contributed by atoms with E-state index in [4.69, 9.17) is 0 Å². The molecule has 0 spiro atoms. The third-order valence-corrected chi connectivity index (χ3v) is 3.71. The van der Waals surface area contributed by atoms with E-state index in [0.717, 1.165) is 0 Å². The molecule has 2 nitrogen and oxygen atoms in total. The second-order valence-electron chi connectivity index (χ2n) is 6.70. The molecular formula is C15H24O2Si2. The SMILES string of the molecule is C[Si](C)(C)C#CC(=O)CCCC(=O)C#C[Si](C)(C)C. The summed E-state index contributed by atoms with van der Waals surface area (Å²) in [5.74, 6) is 5.25. The van der Waals surface area contributed by atoms with E-state index in [1.54, 1.807) is 0 Å². The first-order chi connectivity index (χ1) is 8.49. The van der Waals surface area contributed by atoms with Crippen molar-refractivity contribution < 1.29 is 9.59 Å². The number of carbonyl (C=O) groups excluding carboxylic acids is 2. The largest absolute Gasteiger partial charge is 0.285 e. The lowest BCUT2D eigenvalue weighted by molar-refractivity contribution is -0.115. The lowest BCUT2D eigenvalue weighted by atomic mass is 10.1. The van der Waals surface area contributed by atoms with E-state index in [2.05, 4.69) is 62.2 Å². The molecule has 0 aromatic rings. The highest BCUT2D eigenvalue weighted by molar-refractivity contribution is 6.84. The van der Waals surface area contributed by atoms with Gasteiger partial charge in [-0.05, 0) is 18.3 Å². The molecule has 0 atom stereocenters. The first kappa shape index (κ1) is 17.9. The van der Waals surface area contributed by atoms with Gasteiger partial charge in [0.1, 0.15) is 16.1 Å². The number of carbonyl (C=O) groups is 2. The smallest absolute Gasteiger partial charge is 0.204 e. The minimum absolute atomic E-state index is 0.0617. The summed E-state index contributed by atoms with van der Waals surface area (Å²) in [6, 6.07) is 0. The van der Waals surface area contributed by atoms with Gasteiger partial charge in [-0.3, -0.25) is 9.59 Å². The predicted octanol–water partition coefficient (Wildman–Crippen LogP) is 3.06. The minimum atomic E-state index is -1.48. The summed E-state index contributed by atoms with van der Waals surface area (Å²) in [6.45, 7) is 12.6. The Bertz CT molecular complexity index is 413. The number of hydrogen-bond acceptors (Lipinski definition) is 2. The average Bonchev–Trinajstić information content (AvgIpc) is 2.22. The maximum Gasteiger partial charge on any atom is 0.204 e. The first-order valence-electron chi connectivity index (χ1n) is 6.62. The lowest BCUT2D eigenvalue weighted by Crippen LogP contribution is -2.17. The maximum atomic E-state index is 11.5. The van der Waals surface area contributed by atoms with Gasteiger partial charge in [-0.2, -0.15) is 0 Å². The Labute approximate surface area is 119 Å². The van der Waals surface area contributed by atoms with Crippen molar-refractivity contribution >= 4 is 27.7 Å². The van der Waals surface area contributed by atoms with Crippen LogP contribution >= 0.6 is 0 Å². The zero-order chi connectivity index (χ0) is 15.1. The van der Waals surface area contributed by atoms with Gasteiger partial charge in [0.05, 0.1) is 0 Å². The van der Waals surface area contributed by atoms with Crippen LogP contribution in [0.25, 0.3) is 0 Å². The first-order valence-corrected chi connectivity index (χ1v) is 13.6. The molecular weight excluding hydrogens is 268 g/mol. The van der Waals surface area contributed by atoms with Gasteiger partial charge in [0.25, 0.3) is 0 Å². The molecule has 19 heavy (non-hydrogen) atoms. The Kier molecular flexibility index (Phi) is 7.04. The van der Waals surface area contributed by atoms with Gasteiger partial charge in [-0.25, -0.2) is 0 Å². The molecule has 0 radical (unpaired) electrons. The summed E-state index contributed by atoms with van der Waals surface area (Å²) < 4.78 is 0. The van der Waals surface area contributed by atoms with Crippen LogP contribution < -0.4 is 0 Å². The molecule has 0 fully saturated rings. The van der Waals surface area contributed by atoms with E-state index in [1.165, 1.54) is 0 Å². The van der Waals surface area contributed by atoms with Crippen molar-refractivity contribution in [2.75, 3.05) is 0 Å². The highest BCUT2D eigenvalue weighted by atomic mass is 28.3. The molecule has 0 heterocycles. The fraction of sp³-hybridized carbons (Fsp3) is 0.600. The quantitative estimate of drug-likeness (QED) is 0.589. The van der Waals surface area contributed by atoms with Gasteiger partial charge >= 0.3 is 0 Å². The summed E-state index contributed by atoms with van der Waals surface area (Å²) in [5, 5.41) is 0. The van der Waals surface area contributed by atoms with Crippen LogP contribution in [0.1, 0.15) is 19.3 Å². The minimum Gasteiger partial charge on any atom is -0.285 e. The van der Waals surface area contributed by atoms with E-state index >= 15 is 0 Å². The van der Waals surface area contributed by atoms with Crippen molar-refractivity contribution in [3.63, 3.8) is 0 Å². The molecule has 0 saturated heterocycles. The summed E-state index contributed by atoms with van der Waals surface area (Å²) in [5.41, 5.74) is 6.07. The fourth-order valence-corrected chi connectivity index (χ4v) is 2.08. The van der Waals surface area contributed by atoms with Crippen molar-refractivity contribution in [3.05, 3.63) is 0 Å². The molecule has 0 bridgehead atoms. The Morgan fingerprint density at radius 1 is 0.737 bits per heavy atom. The lowest BCUT2D eigenvalue weighted by Gasteiger charge is -2.03. The van der Waals surface area contributed by atoms with Crippen molar-refractivity contribution in [2.24, 2.45) is 0 Å². The molecule has 104 valence electrons. The third kappa shape index (κ3) is 13.1. The average molecular weight is 293 g/mol. The highest BCUT2D eigenvalue weighted by Crippen LogP contribution is 2.01. The van der Waals surface area contributed by atoms with Crippen LogP contribution in [0.2, 0.25) is 39.3 Å². The molecule has 4 heteroatoms. The predicted molar refractivity (Wildman–Crippen MR) is 86.1 cm³/mol. The zero-order valence-electron chi connectivity index (χ0n) is 12.9. The Balaban J connectivity index is 4.10. The van der Waals surface area contributed by atoms with Crippen molar-refractivity contribution in [1.82, 2.24) is 0 Å². The van der Waals surface area contributed by atoms with Crippen LogP contribution in [0.4, 0.5) is 0 Å². The second-order valence-corrected chi connectivity index (χ2v) is 16.2. The monoisotopic (exact) mass is 292 g/mol. The van der Waals surface area contributed by atoms with E-state index in [1.807, 2.05) is 0 Å². The Hall–Kier alpha value is -1.11. The maximum absolute atomic E-state index is 11.5. The van der Waals surface area contributed by atoms with E-state index in [0.29, 0.717) is 19.3 Å². The van der Waals surface area contributed by atoms with Crippen LogP contribution in [0, 0.1) is 22.9 Å². The van der Waals surface area contributed by atoms with Gasteiger partial charge in [0, 0.05) is 12.8 Å². The normalized spacial score (nSPS) is 10.8. The fourth-order valence-electron chi connectivity index (χ4n) is 1.05. The number of hydrogen-bond donors (Lipinski definition) is 0. The van der Waals surface area contributed by atoms with Crippen LogP contribution in [0.15, 0.2) is 0 Å². The highest BCUT2D eigenvalue weighted by Gasteiger charge is 2.10. The molecule has 0 aromatic heterocycles. The number of rotatable bonds is 4. The molecule has 0 aromatic carbocycles. The molecule has 0 saturated carbocycles. The van der Waals surface area contributed by atoms with Crippen LogP contribution in [0.5, 0.6) is 0 Å². The van der Waals surface area contributed by atoms with E-state index in [-0.39, 0.29) is 11.6 Å². The summed E-state index contributed by atoms with van der Waals surface area (Å²) in [7, 11) is -2.96. The Morgan fingerprint density at radius 2 is 1.05 bits per heavy atom. The molecule has 0 aliphatic rings. The van der Waals surface area contributed by atoms with Gasteiger partial charge in [0.15, 0.2) is 0 Å². The Morgan fingerprint density at radius 3 is 1.32 bits per heavy atom.